The van der Waals surface area contributed by atoms with Gasteiger partial charge in [-0.1, -0.05) is 11.6 Å². The van der Waals surface area contributed by atoms with Crippen LogP contribution in [0, 0.1) is 11.3 Å². The minimum absolute atomic E-state index is 0.548. The molecule has 1 heterocycles. The van der Waals surface area contributed by atoms with Gasteiger partial charge in [0.25, 0.3) is 0 Å². The lowest BCUT2D eigenvalue weighted by molar-refractivity contribution is 0.788. The fourth-order valence-electron chi connectivity index (χ4n) is 1.57. The van der Waals surface area contributed by atoms with Crippen molar-refractivity contribution in [2.24, 2.45) is 7.05 Å². The number of nitrogens with zero attached hydrogens (tertiary/aromatic N) is 4. The number of hydrogen-bond donors (Lipinski definition) is 1. The summed E-state index contributed by atoms with van der Waals surface area (Å²) in [5.74, 6) is 0.910. The smallest absolute Gasteiger partial charge is 0.134 e. The summed E-state index contributed by atoms with van der Waals surface area (Å²) in [5, 5.41) is 20.3. The van der Waals surface area contributed by atoms with Gasteiger partial charge >= 0.3 is 0 Å². The number of benzene rings is 1. The summed E-state index contributed by atoms with van der Waals surface area (Å²) in [5.41, 5.74) is 1.37. The van der Waals surface area contributed by atoms with Gasteiger partial charge < -0.3 is 9.88 Å². The lowest BCUT2D eigenvalue weighted by atomic mass is 10.2. The van der Waals surface area contributed by atoms with Crippen LogP contribution in [0.2, 0.25) is 5.02 Å². The van der Waals surface area contributed by atoms with Crippen molar-refractivity contribution in [1.29, 1.82) is 5.26 Å². The van der Waals surface area contributed by atoms with E-state index in [0.717, 1.165) is 17.9 Å². The summed E-state index contributed by atoms with van der Waals surface area (Å²) in [4.78, 5) is 0. The monoisotopic (exact) mass is 261 g/mol. The molecule has 0 aliphatic heterocycles. The zero-order valence-corrected chi connectivity index (χ0v) is 10.6. The topological polar surface area (TPSA) is 66.5 Å². The molecule has 0 spiro atoms. The molecule has 0 saturated heterocycles. The Labute approximate surface area is 110 Å². The second-order valence-corrected chi connectivity index (χ2v) is 4.25. The lowest BCUT2D eigenvalue weighted by Gasteiger charge is -2.08. The Morgan fingerprint density at radius 3 is 2.94 bits per heavy atom. The standard InChI is InChI=1S/C12H12ClN5/c1-18-8-16-17-12(18)4-5-15-11-3-2-9(7-14)6-10(11)13/h2-3,6,8,15H,4-5H2,1H3. The van der Waals surface area contributed by atoms with Gasteiger partial charge in [-0.25, -0.2) is 0 Å². The first-order valence-electron chi connectivity index (χ1n) is 5.47. The fraction of sp³-hybridized carbons (Fsp3) is 0.250. The number of nitriles is 1. The molecule has 5 nitrogen and oxygen atoms in total. The van der Waals surface area contributed by atoms with E-state index >= 15 is 0 Å². The van der Waals surface area contributed by atoms with Crippen LogP contribution in [0.5, 0.6) is 0 Å². The fourth-order valence-corrected chi connectivity index (χ4v) is 1.82. The third-order valence-electron chi connectivity index (χ3n) is 2.57. The van der Waals surface area contributed by atoms with Crippen molar-refractivity contribution >= 4 is 17.3 Å². The largest absolute Gasteiger partial charge is 0.383 e. The third-order valence-corrected chi connectivity index (χ3v) is 2.88. The maximum absolute atomic E-state index is 8.74. The van der Waals surface area contributed by atoms with E-state index in [0.29, 0.717) is 17.1 Å². The maximum atomic E-state index is 8.74. The Morgan fingerprint density at radius 2 is 2.33 bits per heavy atom. The van der Waals surface area contributed by atoms with E-state index in [4.69, 9.17) is 16.9 Å². The highest BCUT2D eigenvalue weighted by Gasteiger charge is 2.03. The normalized spacial score (nSPS) is 10.1. The van der Waals surface area contributed by atoms with Gasteiger partial charge in [0.15, 0.2) is 0 Å². The van der Waals surface area contributed by atoms with E-state index < -0.39 is 0 Å². The average Bonchev–Trinajstić information content (AvgIpc) is 2.77. The molecule has 0 atom stereocenters. The Morgan fingerprint density at radius 1 is 1.50 bits per heavy atom. The number of hydrogen-bond acceptors (Lipinski definition) is 4. The van der Waals surface area contributed by atoms with Crippen molar-refractivity contribution < 1.29 is 0 Å². The van der Waals surface area contributed by atoms with Crippen molar-refractivity contribution in [3.8, 4) is 6.07 Å². The Kier molecular flexibility index (Phi) is 3.80. The first-order valence-corrected chi connectivity index (χ1v) is 5.85. The molecule has 0 aliphatic rings. The van der Waals surface area contributed by atoms with Gasteiger partial charge in [-0.3, -0.25) is 0 Å². The van der Waals surface area contributed by atoms with Gasteiger partial charge in [0.2, 0.25) is 0 Å². The highest BCUT2D eigenvalue weighted by atomic mass is 35.5. The molecule has 1 aromatic carbocycles. The minimum atomic E-state index is 0.548. The van der Waals surface area contributed by atoms with Crippen molar-refractivity contribution in [2.45, 2.75) is 6.42 Å². The molecule has 2 aromatic rings. The van der Waals surface area contributed by atoms with Gasteiger partial charge in [-0.2, -0.15) is 5.26 Å². The first kappa shape index (κ1) is 12.4. The summed E-state index contributed by atoms with van der Waals surface area (Å²) in [6.07, 6.45) is 2.43. The molecule has 92 valence electrons. The van der Waals surface area contributed by atoms with Crippen LogP contribution in [-0.4, -0.2) is 21.3 Å². The van der Waals surface area contributed by atoms with Crippen LogP contribution in [-0.2, 0) is 13.5 Å². The van der Waals surface area contributed by atoms with Gasteiger partial charge in [0.05, 0.1) is 22.3 Å². The number of aryl methyl sites for hydroxylation is 1. The predicted octanol–water partition coefficient (Wildman–Crippen LogP) is 1.99. The molecule has 0 bridgehead atoms. The Balaban J connectivity index is 1.95. The van der Waals surface area contributed by atoms with Crippen LogP contribution in [0.15, 0.2) is 24.5 Å². The van der Waals surface area contributed by atoms with Crippen LogP contribution in [0.1, 0.15) is 11.4 Å². The van der Waals surface area contributed by atoms with E-state index in [2.05, 4.69) is 15.5 Å². The quantitative estimate of drug-likeness (QED) is 0.914. The van der Waals surface area contributed by atoms with Crippen LogP contribution in [0.25, 0.3) is 0 Å². The second-order valence-electron chi connectivity index (χ2n) is 3.84. The summed E-state index contributed by atoms with van der Waals surface area (Å²) >= 11 is 6.05. The van der Waals surface area contributed by atoms with Gasteiger partial charge in [-0.05, 0) is 18.2 Å². The summed E-state index contributed by atoms with van der Waals surface area (Å²) in [7, 11) is 1.91. The molecule has 1 N–H and O–H groups in total. The first-order chi connectivity index (χ1) is 8.70. The van der Waals surface area contributed by atoms with Gasteiger partial charge in [0, 0.05) is 20.0 Å². The van der Waals surface area contributed by atoms with Crippen molar-refractivity contribution in [3.05, 3.63) is 40.9 Å². The van der Waals surface area contributed by atoms with E-state index in [-0.39, 0.29) is 0 Å². The molecule has 0 saturated carbocycles. The number of nitrogens with one attached hydrogen (secondary N) is 1. The van der Waals surface area contributed by atoms with Crippen LogP contribution in [0.4, 0.5) is 5.69 Å². The summed E-state index contributed by atoms with van der Waals surface area (Å²) < 4.78 is 1.88. The average molecular weight is 262 g/mol. The molecule has 1 aromatic heterocycles. The molecule has 0 radical (unpaired) electrons. The zero-order valence-electron chi connectivity index (χ0n) is 9.89. The van der Waals surface area contributed by atoms with Gasteiger partial charge in [0.1, 0.15) is 12.2 Å². The third kappa shape index (κ3) is 2.79. The molecular weight excluding hydrogens is 250 g/mol. The van der Waals surface area contributed by atoms with E-state index in [1.54, 1.807) is 24.5 Å². The second kappa shape index (κ2) is 5.52. The molecular formula is C12H12ClN5. The predicted molar refractivity (Wildman–Crippen MR) is 69.4 cm³/mol. The molecule has 18 heavy (non-hydrogen) atoms. The highest BCUT2D eigenvalue weighted by molar-refractivity contribution is 6.33. The molecule has 6 heteroatoms. The molecule has 0 unspecified atom stereocenters. The molecule has 0 aliphatic carbocycles. The van der Waals surface area contributed by atoms with E-state index in [1.165, 1.54) is 0 Å². The van der Waals surface area contributed by atoms with Crippen LogP contribution < -0.4 is 5.32 Å². The van der Waals surface area contributed by atoms with Crippen LogP contribution >= 0.6 is 11.6 Å². The van der Waals surface area contributed by atoms with E-state index in [9.17, 15) is 0 Å². The van der Waals surface area contributed by atoms with Crippen molar-refractivity contribution in [3.63, 3.8) is 0 Å². The SMILES string of the molecule is Cn1cnnc1CCNc1ccc(C#N)cc1Cl. The summed E-state index contributed by atoms with van der Waals surface area (Å²) in [6, 6.07) is 7.23. The zero-order chi connectivity index (χ0) is 13.0. The Bertz CT molecular complexity index is 584. The number of rotatable bonds is 4. The molecule has 0 fully saturated rings. The van der Waals surface area contributed by atoms with Crippen molar-refractivity contribution in [2.75, 3.05) is 11.9 Å². The number of halogens is 1. The summed E-state index contributed by atoms with van der Waals surface area (Å²) in [6.45, 7) is 0.707. The highest BCUT2D eigenvalue weighted by Crippen LogP contribution is 2.22. The van der Waals surface area contributed by atoms with E-state index in [1.807, 2.05) is 17.7 Å². The van der Waals surface area contributed by atoms with Crippen molar-refractivity contribution in [1.82, 2.24) is 14.8 Å². The Hall–Kier alpha value is -2.06. The molecule has 0 amide bonds. The molecule has 2 rings (SSSR count). The van der Waals surface area contributed by atoms with Gasteiger partial charge in [-0.15, -0.1) is 10.2 Å². The lowest BCUT2D eigenvalue weighted by Crippen LogP contribution is -2.08. The minimum Gasteiger partial charge on any atom is -0.383 e. The number of anilines is 1. The van der Waals surface area contributed by atoms with Crippen LogP contribution in [0.3, 0.4) is 0 Å². The maximum Gasteiger partial charge on any atom is 0.134 e. The number of aromatic nitrogens is 3.